The Bertz CT molecular complexity index is 396. The maximum Gasteiger partial charge on any atom is 0.00750 e. The second-order valence-corrected chi connectivity index (χ2v) is 6.74. The third-order valence-corrected chi connectivity index (χ3v) is 5.24. The first-order chi connectivity index (χ1) is 8.92. The van der Waals surface area contributed by atoms with E-state index < -0.39 is 0 Å². The molecule has 1 nitrogen and oxygen atoms in total. The van der Waals surface area contributed by atoms with E-state index in [-0.39, 0.29) is 0 Å². The Morgan fingerprint density at radius 1 is 1.11 bits per heavy atom. The second-order valence-electron chi connectivity index (χ2n) is 5.57. The molecule has 98 valence electrons. The summed E-state index contributed by atoms with van der Waals surface area (Å²) in [4.78, 5) is 1.48. The summed E-state index contributed by atoms with van der Waals surface area (Å²) in [5.41, 5.74) is 3.20. The van der Waals surface area contributed by atoms with Crippen LogP contribution in [0, 0.1) is 0 Å². The molecule has 2 aliphatic rings. The van der Waals surface area contributed by atoms with Crippen molar-refractivity contribution in [1.29, 1.82) is 0 Å². The first kappa shape index (κ1) is 12.6. The van der Waals surface area contributed by atoms with Gasteiger partial charge in [-0.2, -0.15) is 0 Å². The number of thioether (sulfide) groups is 1. The number of rotatable bonds is 4. The van der Waals surface area contributed by atoms with Crippen LogP contribution in [0.2, 0.25) is 0 Å². The van der Waals surface area contributed by atoms with Gasteiger partial charge in [0.15, 0.2) is 0 Å². The molecule has 0 bridgehead atoms. The van der Waals surface area contributed by atoms with E-state index in [0.29, 0.717) is 0 Å². The van der Waals surface area contributed by atoms with Gasteiger partial charge in [0.05, 0.1) is 0 Å². The fraction of sp³-hybridized carbons (Fsp3) is 0.625. The monoisotopic (exact) mass is 261 g/mol. The minimum absolute atomic E-state index is 0.778. The molecule has 1 aliphatic carbocycles. The number of hydrogen-bond donors (Lipinski definition) is 1. The lowest BCUT2D eigenvalue weighted by atomic mass is 10.0. The Morgan fingerprint density at radius 2 is 2.06 bits per heavy atom. The number of piperidine rings is 1. The molecule has 1 aliphatic heterocycles. The van der Waals surface area contributed by atoms with E-state index in [2.05, 4.69) is 23.5 Å². The van der Waals surface area contributed by atoms with Crippen LogP contribution in [0.5, 0.6) is 0 Å². The Labute approximate surface area is 115 Å². The van der Waals surface area contributed by atoms with Gasteiger partial charge in [-0.15, -0.1) is 11.8 Å². The number of hydrogen-bond acceptors (Lipinski definition) is 2. The lowest BCUT2D eigenvalue weighted by Crippen LogP contribution is -2.34. The van der Waals surface area contributed by atoms with Crippen molar-refractivity contribution in [3.63, 3.8) is 0 Å². The molecule has 18 heavy (non-hydrogen) atoms. The molecule has 2 heteroatoms. The van der Waals surface area contributed by atoms with Crippen LogP contribution in [0.15, 0.2) is 23.1 Å². The lowest BCUT2D eigenvalue weighted by molar-refractivity contribution is 0.395. The number of benzene rings is 1. The Balaban J connectivity index is 1.48. The average molecular weight is 261 g/mol. The van der Waals surface area contributed by atoms with Crippen molar-refractivity contribution in [2.75, 3.05) is 12.3 Å². The molecule has 3 rings (SSSR count). The van der Waals surface area contributed by atoms with Gasteiger partial charge in [0.2, 0.25) is 0 Å². The zero-order chi connectivity index (χ0) is 12.2. The van der Waals surface area contributed by atoms with E-state index in [9.17, 15) is 0 Å². The maximum atomic E-state index is 3.63. The van der Waals surface area contributed by atoms with Crippen LogP contribution < -0.4 is 5.32 Å². The first-order valence-electron chi connectivity index (χ1n) is 7.40. The van der Waals surface area contributed by atoms with Gasteiger partial charge in [-0.05, 0) is 74.1 Å². The molecule has 0 aromatic heterocycles. The van der Waals surface area contributed by atoms with Crippen molar-refractivity contribution < 1.29 is 0 Å². The SMILES string of the molecule is c1cc2c(cc1SCCC1CCCCN1)CCC2. The maximum absolute atomic E-state index is 3.63. The molecule has 1 unspecified atom stereocenters. The van der Waals surface area contributed by atoms with Crippen molar-refractivity contribution in [2.45, 2.75) is 55.9 Å². The average Bonchev–Trinajstić information content (AvgIpc) is 2.87. The number of nitrogens with one attached hydrogen (secondary N) is 1. The zero-order valence-corrected chi connectivity index (χ0v) is 11.9. The fourth-order valence-electron chi connectivity index (χ4n) is 3.13. The third kappa shape index (κ3) is 3.10. The second kappa shape index (κ2) is 6.12. The molecule has 1 atom stereocenters. The van der Waals surface area contributed by atoms with Gasteiger partial charge in [-0.3, -0.25) is 0 Å². The summed E-state index contributed by atoms with van der Waals surface area (Å²) in [6.45, 7) is 1.23. The quantitative estimate of drug-likeness (QED) is 0.827. The largest absolute Gasteiger partial charge is 0.314 e. The summed E-state index contributed by atoms with van der Waals surface area (Å²) in [6.07, 6.45) is 9.44. The van der Waals surface area contributed by atoms with E-state index in [1.54, 1.807) is 11.1 Å². The first-order valence-corrected chi connectivity index (χ1v) is 8.38. The molecule has 0 saturated carbocycles. The Kier molecular flexibility index (Phi) is 4.27. The van der Waals surface area contributed by atoms with Gasteiger partial charge < -0.3 is 5.32 Å². The Morgan fingerprint density at radius 3 is 2.94 bits per heavy atom. The molecular formula is C16H23NS. The van der Waals surface area contributed by atoms with Gasteiger partial charge in [-0.1, -0.05) is 12.5 Å². The highest BCUT2D eigenvalue weighted by atomic mass is 32.2. The van der Waals surface area contributed by atoms with E-state index in [1.807, 2.05) is 11.8 Å². The van der Waals surface area contributed by atoms with Crippen LogP contribution in [0.4, 0.5) is 0 Å². The third-order valence-electron chi connectivity index (χ3n) is 4.22. The van der Waals surface area contributed by atoms with Crippen LogP contribution in [0.3, 0.4) is 0 Å². The Hall–Kier alpha value is -0.470. The lowest BCUT2D eigenvalue weighted by Gasteiger charge is -2.23. The summed E-state index contributed by atoms with van der Waals surface area (Å²) in [6, 6.07) is 7.88. The number of aryl methyl sites for hydroxylation is 2. The molecule has 1 N–H and O–H groups in total. The van der Waals surface area contributed by atoms with Gasteiger partial charge in [0, 0.05) is 10.9 Å². The molecule has 1 aromatic carbocycles. The highest BCUT2D eigenvalue weighted by Gasteiger charge is 2.13. The van der Waals surface area contributed by atoms with E-state index in [0.717, 1.165) is 6.04 Å². The predicted molar refractivity (Wildman–Crippen MR) is 79.4 cm³/mol. The summed E-state index contributed by atoms with van der Waals surface area (Å²) < 4.78 is 0. The molecular weight excluding hydrogens is 238 g/mol. The van der Waals surface area contributed by atoms with Crippen LogP contribution in [-0.4, -0.2) is 18.3 Å². The molecule has 1 aromatic rings. The van der Waals surface area contributed by atoms with Crippen LogP contribution >= 0.6 is 11.8 Å². The normalized spacial score (nSPS) is 23.0. The van der Waals surface area contributed by atoms with Crippen molar-refractivity contribution in [1.82, 2.24) is 5.32 Å². The van der Waals surface area contributed by atoms with Crippen molar-refractivity contribution in [2.24, 2.45) is 0 Å². The van der Waals surface area contributed by atoms with E-state index >= 15 is 0 Å². The highest BCUT2D eigenvalue weighted by Crippen LogP contribution is 2.28. The summed E-state index contributed by atoms with van der Waals surface area (Å²) >= 11 is 2.04. The molecule has 0 radical (unpaired) electrons. The van der Waals surface area contributed by atoms with E-state index in [4.69, 9.17) is 0 Å². The topological polar surface area (TPSA) is 12.0 Å². The predicted octanol–water partition coefficient (Wildman–Crippen LogP) is 3.80. The van der Waals surface area contributed by atoms with Crippen molar-refractivity contribution in [3.05, 3.63) is 29.3 Å². The van der Waals surface area contributed by atoms with Gasteiger partial charge >= 0.3 is 0 Å². The van der Waals surface area contributed by atoms with Crippen molar-refractivity contribution in [3.8, 4) is 0 Å². The van der Waals surface area contributed by atoms with Crippen LogP contribution in [-0.2, 0) is 12.8 Å². The molecule has 1 heterocycles. The van der Waals surface area contributed by atoms with Gasteiger partial charge in [0.1, 0.15) is 0 Å². The summed E-state index contributed by atoms with van der Waals surface area (Å²) in [5.74, 6) is 1.26. The number of fused-ring (bicyclic) bond motifs is 1. The summed E-state index contributed by atoms with van der Waals surface area (Å²) in [7, 11) is 0. The molecule has 1 saturated heterocycles. The van der Waals surface area contributed by atoms with Gasteiger partial charge in [-0.25, -0.2) is 0 Å². The summed E-state index contributed by atoms with van der Waals surface area (Å²) in [5, 5.41) is 3.63. The van der Waals surface area contributed by atoms with Crippen LogP contribution in [0.25, 0.3) is 0 Å². The highest BCUT2D eigenvalue weighted by molar-refractivity contribution is 7.99. The molecule has 0 spiro atoms. The standard InChI is InChI=1S/C16H23NS/c1-2-10-17-15(6-1)9-11-18-16-8-7-13-4-3-5-14(13)12-16/h7-8,12,15,17H,1-6,9-11H2. The minimum Gasteiger partial charge on any atom is -0.314 e. The fourth-order valence-corrected chi connectivity index (χ4v) is 4.16. The van der Waals surface area contributed by atoms with Crippen LogP contribution in [0.1, 0.15) is 43.2 Å². The minimum atomic E-state index is 0.778. The smallest absolute Gasteiger partial charge is 0.00750 e. The van der Waals surface area contributed by atoms with Crippen molar-refractivity contribution >= 4 is 11.8 Å². The molecule has 1 fully saturated rings. The van der Waals surface area contributed by atoms with E-state index in [1.165, 1.54) is 62.1 Å². The van der Waals surface area contributed by atoms with Gasteiger partial charge in [0.25, 0.3) is 0 Å². The molecule has 0 amide bonds. The zero-order valence-electron chi connectivity index (χ0n) is 11.1.